The Morgan fingerprint density at radius 2 is 1.72 bits per heavy atom. The van der Waals surface area contributed by atoms with E-state index >= 15 is 0 Å². The first-order chi connectivity index (χ1) is 15.2. The highest BCUT2D eigenvalue weighted by atomic mass is 16.2. The molecular weight excluding hydrogens is 404 g/mol. The number of carbonyl (C=O) groups is 3. The number of nitriles is 1. The van der Waals surface area contributed by atoms with Crippen molar-refractivity contribution in [2.75, 3.05) is 19.0 Å². The van der Waals surface area contributed by atoms with E-state index in [-0.39, 0.29) is 11.0 Å². The predicted molar refractivity (Wildman–Crippen MR) is 120 cm³/mol. The molecular formula is C25H22N4O3. The summed E-state index contributed by atoms with van der Waals surface area (Å²) in [6.07, 6.45) is 10.2. The van der Waals surface area contributed by atoms with Crippen LogP contribution in [0.15, 0.2) is 83.3 Å². The molecule has 1 fully saturated rings. The SMILES string of the molecule is CN1C(=O)C(=C/C=C/C(C#N)=C2/C=CN3C(=C2)C(C)(C)c2ccccc23)C(=O)N(C)C1=O. The lowest BCUT2D eigenvalue weighted by Crippen LogP contribution is -2.52. The molecule has 0 bridgehead atoms. The van der Waals surface area contributed by atoms with Gasteiger partial charge in [0.25, 0.3) is 11.8 Å². The molecule has 4 rings (SSSR count). The Morgan fingerprint density at radius 1 is 1.06 bits per heavy atom. The van der Waals surface area contributed by atoms with Crippen LogP contribution in [0.2, 0.25) is 0 Å². The second kappa shape index (κ2) is 7.50. The van der Waals surface area contributed by atoms with E-state index < -0.39 is 17.8 Å². The number of urea groups is 1. The molecule has 0 unspecified atom stereocenters. The number of anilines is 1. The van der Waals surface area contributed by atoms with Crippen molar-refractivity contribution in [3.63, 3.8) is 0 Å². The lowest BCUT2D eigenvalue weighted by atomic mass is 9.82. The molecule has 7 nitrogen and oxygen atoms in total. The van der Waals surface area contributed by atoms with Gasteiger partial charge < -0.3 is 4.90 Å². The minimum absolute atomic E-state index is 0.135. The van der Waals surface area contributed by atoms with Crippen LogP contribution in [-0.4, -0.2) is 41.7 Å². The quantitative estimate of drug-likeness (QED) is 0.410. The Balaban J connectivity index is 1.68. The van der Waals surface area contributed by atoms with Crippen LogP contribution >= 0.6 is 0 Å². The van der Waals surface area contributed by atoms with Gasteiger partial charge in [0, 0.05) is 37.1 Å². The second-order valence-corrected chi connectivity index (χ2v) is 8.29. The molecule has 3 aliphatic rings. The third-order valence-electron chi connectivity index (χ3n) is 6.03. The van der Waals surface area contributed by atoms with Gasteiger partial charge in [-0.2, -0.15) is 5.26 Å². The summed E-state index contributed by atoms with van der Waals surface area (Å²) in [5.74, 6) is -1.34. The van der Waals surface area contributed by atoms with Crippen molar-refractivity contribution in [2.45, 2.75) is 19.3 Å². The van der Waals surface area contributed by atoms with E-state index in [1.807, 2.05) is 30.5 Å². The topological polar surface area (TPSA) is 84.7 Å². The molecule has 1 aromatic rings. The number of para-hydroxylation sites is 1. The van der Waals surface area contributed by atoms with Crippen molar-refractivity contribution in [3.8, 4) is 6.07 Å². The smallest absolute Gasteiger partial charge is 0.320 e. The maximum Gasteiger partial charge on any atom is 0.333 e. The Bertz CT molecular complexity index is 1230. The lowest BCUT2D eigenvalue weighted by Gasteiger charge is -2.28. The fourth-order valence-electron chi connectivity index (χ4n) is 4.14. The van der Waals surface area contributed by atoms with Crippen molar-refractivity contribution in [3.05, 3.63) is 88.8 Å². The number of nitrogens with zero attached hydrogens (tertiary/aromatic N) is 4. The molecule has 160 valence electrons. The summed E-state index contributed by atoms with van der Waals surface area (Å²) in [6, 6.07) is 9.72. The maximum atomic E-state index is 12.3. The number of benzene rings is 1. The zero-order valence-corrected chi connectivity index (χ0v) is 18.3. The highest BCUT2D eigenvalue weighted by molar-refractivity contribution is 6.28. The number of hydrogen-bond acceptors (Lipinski definition) is 5. The number of likely N-dealkylation sites (N-methyl/N-ethyl adjacent to an activating group) is 2. The van der Waals surface area contributed by atoms with Crippen LogP contribution in [-0.2, 0) is 15.0 Å². The predicted octanol–water partition coefficient (Wildman–Crippen LogP) is 3.55. The molecule has 7 heteroatoms. The Morgan fingerprint density at radius 3 is 2.38 bits per heavy atom. The van der Waals surface area contributed by atoms with E-state index in [0.29, 0.717) is 5.57 Å². The van der Waals surface area contributed by atoms with Crippen LogP contribution in [0.1, 0.15) is 19.4 Å². The molecule has 0 aromatic heterocycles. The molecule has 0 saturated carbocycles. The van der Waals surface area contributed by atoms with E-state index in [1.54, 1.807) is 6.08 Å². The van der Waals surface area contributed by atoms with E-state index in [2.05, 4.69) is 36.9 Å². The van der Waals surface area contributed by atoms with E-state index in [0.717, 1.165) is 26.8 Å². The normalized spacial score (nSPS) is 21.0. The Labute approximate surface area is 186 Å². The van der Waals surface area contributed by atoms with Gasteiger partial charge in [0.1, 0.15) is 5.57 Å². The van der Waals surface area contributed by atoms with Crippen molar-refractivity contribution in [2.24, 2.45) is 0 Å². The Kier molecular flexibility index (Phi) is 4.94. The largest absolute Gasteiger partial charge is 0.333 e. The van der Waals surface area contributed by atoms with Gasteiger partial charge in [0.05, 0.1) is 11.6 Å². The van der Waals surface area contributed by atoms with Gasteiger partial charge in [0.2, 0.25) is 0 Å². The number of imide groups is 2. The first kappa shape index (κ1) is 21.1. The van der Waals surface area contributed by atoms with E-state index in [4.69, 9.17) is 0 Å². The minimum atomic E-state index is -0.676. The van der Waals surface area contributed by atoms with Crippen LogP contribution in [0.5, 0.6) is 0 Å². The molecule has 3 heterocycles. The first-order valence-corrected chi connectivity index (χ1v) is 10.1. The van der Waals surface area contributed by atoms with E-state index in [1.165, 1.54) is 31.8 Å². The zero-order valence-electron chi connectivity index (χ0n) is 18.3. The molecule has 1 aromatic carbocycles. The molecule has 0 radical (unpaired) electrons. The van der Waals surface area contributed by atoms with Gasteiger partial charge in [-0.1, -0.05) is 38.1 Å². The minimum Gasteiger partial charge on any atom is -0.320 e. The molecule has 4 amide bonds. The van der Waals surface area contributed by atoms with Crippen LogP contribution < -0.4 is 4.90 Å². The van der Waals surface area contributed by atoms with Crippen LogP contribution in [0.3, 0.4) is 0 Å². The summed E-state index contributed by atoms with van der Waals surface area (Å²) >= 11 is 0. The molecule has 0 spiro atoms. The molecule has 1 saturated heterocycles. The number of amides is 4. The van der Waals surface area contributed by atoms with Crippen molar-refractivity contribution < 1.29 is 14.4 Å². The second-order valence-electron chi connectivity index (χ2n) is 8.29. The molecule has 0 atom stereocenters. The fraction of sp³-hybridized carbons (Fsp3) is 0.200. The summed E-state index contributed by atoms with van der Waals surface area (Å²) in [5.41, 5.74) is 4.18. The molecule has 3 aliphatic heterocycles. The number of allylic oxidation sites excluding steroid dienone is 8. The number of fused-ring (bicyclic) bond motifs is 3. The van der Waals surface area contributed by atoms with E-state index in [9.17, 15) is 19.6 Å². The number of barbiturate groups is 1. The van der Waals surface area contributed by atoms with Crippen molar-refractivity contribution in [1.29, 1.82) is 5.26 Å². The van der Waals surface area contributed by atoms with Crippen LogP contribution in [0.4, 0.5) is 10.5 Å². The third-order valence-corrected chi connectivity index (χ3v) is 6.03. The summed E-state index contributed by atoms with van der Waals surface area (Å²) in [7, 11) is 2.64. The summed E-state index contributed by atoms with van der Waals surface area (Å²) in [6.45, 7) is 4.30. The standard InChI is InChI=1S/C25H22N4O3/c1-25(2)19-10-5-6-11-20(19)29-13-12-16(14-21(25)29)17(15-26)8-7-9-18-22(30)27(3)24(32)28(4)23(18)31/h5-14H,1-4H3/b8-7+,17-16+. The average molecular weight is 426 g/mol. The number of hydrogen-bond donors (Lipinski definition) is 0. The first-order valence-electron chi connectivity index (χ1n) is 10.1. The van der Waals surface area contributed by atoms with Gasteiger partial charge in [-0.15, -0.1) is 0 Å². The van der Waals surface area contributed by atoms with Gasteiger partial charge in [-0.3, -0.25) is 19.4 Å². The van der Waals surface area contributed by atoms with Crippen molar-refractivity contribution in [1.82, 2.24) is 9.80 Å². The van der Waals surface area contributed by atoms with Gasteiger partial charge >= 0.3 is 6.03 Å². The average Bonchev–Trinajstić information content (AvgIpc) is 3.03. The van der Waals surface area contributed by atoms with Crippen molar-refractivity contribution >= 4 is 23.5 Å². The molecule has 32 heavy (non-hydrogen) atoms. The monoisotopic (exact) mass is 426 g/mol. The highest BCUT2D eigenvalue weighted by Crippen LogP contribution is 2.49. The van der Waals surface area contributed by atoms with Crippen LogP contribution in [0, 0.1) is 11.3 Å². The van der Waals surface area contributed by atoms with Gasteiger partial charge in [-0.25, -0.2) is 4.79 Å². The number of carbonyl (C=O) groups excluding carboxylic acids is 3. The molecule has 0 aliphatic carbocycles. The fourth-order valence-corrected chi connectivity index (χ4v) is 4.14. The zero-order chi connectivity index (χ0) is 23.2. The number of rotatable bonds is 2. The highest BCUT2D eigenvalue weighted by Gasteiger charge is 2.40. The summed E-state index contributed by atoms with van der Waals surface area (Å²) in [4.78, 5) is 40.3. The molecule has 0 N–H and O–H groups in total. The van der Waals surface area contributed by atoms with Crippen LogP contribution in [0.25, 0.3) is 0 Å². The lowest BCUT2D eigenvalue weighted by molar-refractivity contribution is -0.134. The maximum absolute atomic E-state index is 12.3. The Hall–Kier alpha value is -4.18. The van der Waals surface area contributed by atoms with Gasteiger partial charge in [-0.05, 0) is 41.5 Å². The summed E-state index contributed by atoms with van der Waals surface area (Å²) < 4.78 is 0. The summed E-state index contributed by atoms with van der Waals surface area (Å²) in [5, 5.41) is 9.73. The van der Waals surface area contributed by atoms with Gasteiger partial charge in [0.15, 0.2) is 0 Å². The third kappa shape index (κ3) is 3.08.